The summed E-state index contributed by atoms with van der Waals surface area (Å²) in [5.41, 5.74) is 2.40. The van der Waals surface area contributed by atoms with Gasteiger partial charge in [0, 0.05) is 17.7 Å². The molecule has 26 heavy (non-hydrogen) atoms. The molecule has 1 saturated heterocycles. The van der Waals surface area contributed by atoms with Crippen LogP contribution in [0.1, 0.15) is 39.0 Å². The van der Waals surface area contributed by atoms with E-state index in [1.807, 2.05) is 19.9 Å². The molecule has 1 aromatic heterocycles. The largest absolute Gasteiger partial charge is 0.491 e. The lowest BCUT2D eigenvalue weighted by atomic mass is 10.1. The zero-order valence-corrected chi connectivity index (χ0v) is 15.3. The molecule has 1 aliphatic heterocycles. The summed E-state index contributed by atoms with van der Waals surface area (Å²) in [7, 11) is 0. The summed E-state index contributed by atoms with van der Waals surface area (Å²) in [6, 6.07) is 7.17. The lowest BCUT2D eigenvalue weighted by molar-refractivity contribution is -0.0408. The SMILES string of the molecule is CC(=O)c1ccc(OCC2CN(C(=O)c3occc3C)CCO2)cc1C. The summed E-state index contributed by atoms with van der Waals surface area (Å²) in [6.07, 6.45) is 1.31. The standard InChI is InChI=1S/C20H23NO5/c1-13-6-8-25-19(13)20(23)21-7-9-24-17(11-21)12-26-16-4-5-18(15(3)22)14(2)10-16/h4-6,8,10,17H,7,9,11-12H2,1-3H3. The molecule has 138 valence electrons. The summed E-state index contributed by atoms with van der Waals surface area (Å²) in [5.74, 6) is 0.970. The topological polar surface area (TPSA) is 69.0 Å². The highest BCUT2D eigenvalue weighted by Crippen LogP contribution is 2.19. The number of morpholine rings is 1. The Bertz CT molecular complexity index is 810. The summed E-state index contributed by atoms with van der Waals surface area (Å²) in [5, 5.41) is 0. The predicted molar refractivity (Wildman–Crippen MR) is 95.8 cm³/mol. The van der Waals surface area contributed by atoms with Crippen LogP contribution in [0.15, 0.2) is 34.9 Å². The van der Waals surface area contributed by atoms with E-state index in [1.54, 1.807) is 30.0 Å². The Kier molecular flexibility index (Phi) is 5.42. The predicted octanol–water partition coefficient (Wildman–Crippen LogP) is 3.02. The van der Waals surface area contributed by atoms with E-state index in [0.29, 0.717) is 43.4 Å². The highest BCUT2D eigenvalue weighted by molar-refractivity contribution is 5.95. The quantitative estimate of drug-likeness (QED) is 0.770. The average Bonchev–Trinajstić information content (AvgIpc) is 3.05. The van der Waals surface area contributed by atoms with Gasteiger partial charge < -0.3 is 18.8 Å². The maximum atomic E-state index is 12.6. The lowest BCUT2D eigenvalue weighted by Gasteiger charge is -2.32. The van der Waals surface area contributed by atoms with E-state index in [-0.39, 0.29) is 17.8 Å². The summed E-state index contributed by atoms with van der Waals surface area (Å²) >= 11 is 0. The summed E-state index contributed by atoms with van der Waals surface area (Å²) in [6.45, 7) is 7.05. The highest BCUT2D eigenvalue weighted by Gasteiger charge is 2.28. The Morgan fingerprint density at radius 3 is 2.69 bits per heavy atom. The summed E-state index contributed by atoms with van der Waals surface area (Å²) < 4.78 is 16.8. The molecular formula is C20H23NO5. The van der Waals surface area contributed by atoms with Crippen LogP contribution in [0.4, 0.5) is 0 Å². The molecule has 2 aromatic rings. The molecule has 0 spiro atoms. The molecule has 1 fully saturated rings. The minimum atomic E-state index is -0.212. The van der Waals surface area contributed by atoms with Crippen LogP contribution in [0.25, 0.3) is 0 Å². The Labute approximate surface area is 152 Å². The second-order valence-electron chi connectivity index (χ2n) is 6.52. The van der Waals surface area contributed by atoms with Crippen molar-refractivity contribution >= 4 is 11.7 Å². The molecule has 1 aliphatic rings. The number of ether oxygens (including phenoxy) is 2. The number of furan rings is 1. The number of amides is 1. The molecule has 2 heterocycles. The van der Waals surface area contributed by atoms with Gasteiger partial charge in [-0.25, -0.2) is 0 Å². The Hall–Kier alpha value is -2.60. The van der Waals surface area contributed by atoms with Crippen LogP contribution in [0.2, 0.25) is 0 Å². The van der Waals surface area contributed by atoms with E-state index in [1.165, 1.54) is 6.26 Å². The van der Waals surface area contributed by atoms with Crippen molar-refractivity contribution < 1.29 is 23.5 Å². The van der Waals surface area contributed by atoms with E-state index in [0.717, 1.165) is 11.1 Å². The minimum Gasteiger partial charge on any atom is -0.491 e. The molecular weight excluding hydrogens is 334 g/mol. The number of carbonyl (C=O) groups is 2. The van der Waals surface area contributed by atoms with Gasteiger partial charge in [0.15, 0.2) is 11.5 Å². The molecule has 0 N–H and O–H groups in total. The maximum absolute atomic E-state index is 12.6. The first kappa shape index (κ1) is 18.2. The number of benzene rings is 1. The average molecular weight is 357 g/mol. The van der Waals surface area contributed by atoms with Crippen molar-refractivity contribution in [2.45, 2.75) is 26.9 Å². The van der Waals surface area contributed by atoms with Gasteiger partial charge in [-0.05, 0) is 50.6 Å². The molecule has 6 nitrogen and oxygen atoms in total. The smallest absolute Gasteiger partial charge is 0.289 e. The van der Waals surface area contributed by atoms with Crippen LogP contribution in [-0.4, -0.2) is 49.0 Å². The van der Waals surface area contributed by atoms with E-state index >= 15 is 0 Å². The number of Topliss-reactive ketones (excluding diaryl/α,β-unsaturated/α-hetero) is 1. The van der Waals surface area contributed by atoms with Gasteiger partial charge in [0.2, 0.25) is 0 Å². The fourth-order valence-corrected chi connectivity index (χ4v) is 3.05. The molecule has 0 radical (unpaired) electrons. The van der Waals surface area contributed by atoms with Crippen LogP contribution < -0.4 is 4.74 Å². The molecule has 0 aliphatic carbocycles. The van der Waals surface area contributed by atoms with Crippen molar-refractivity contribution in [3.8, 4) is 5.75 Å². The molecule has 3 rings (SSSR count). The molecule has 6 heteroatoms. The van der Waals surface area contributed by atoms with Crippen molar-refractivity contribution in [1.82, 2.24) is 4.90 Å². The molecule has 1 unspecified atom stereocenters. The normalized spacial score (nSPS) is 17.2. The Balaban J connectivity index is 1.59. The van der Waals surface area contributed by atoms with E-state index in [2.05, 4.69) is 0 Å². The maximum Gasteiger partial charge on any atom is 0.289 e. The first-order chi connectivity index (χ1) is 12.5. The number of rotatable bonds is 5. The van der Waals surface area contributed by atoms with Gasteiger partial charge in [-0.1, -0.05) is 0 Å². The third-order valence-electron chi connectivity index (χ3n) is 4.50. The Morgan fingerprint density at radius 2 is 2.04 bits per heavy atom. The van der Waals surface area contributed by atoms with Crippen molar-refractivity contribution in [1.29, 1.82) is 0 Å². The third-order valence-corrected chi connectivity index (χ3v) is 4.50. The van der Waals surface area contributed by atoms with E-state index in [9.17, 15) is 9.59 Å². The van der Waals surface area contributed by atoms with Gasteiger partial charge in [0.1, 0.15) is 18.5 Å². The van der Waals surface area contributed by atoms with Crippen LogP contribution in [0, 0.1) is 13.8 Å². The number of aryl methyl sites for hydroxylation is 2. The van der Waals surface area contributed by atoms with Gasteiger partial charge >= 0.3 is 0 Å². The fourth-order valence-electron chi connectivity index (χ4n) is 3.05. The van der Waals surface area contributed by atoms with Crippen molar-refractivity contribution in [3.05, 3.63) is 53.0 Å². The van der Waals surface area contributed by atoms with Gasteiger partial charge in [0.25, 0.3) is 5.91 Å². The van der Waals surface area contributed by atoms with Crippen molar-refractivity contribution in [2.24, 2.45) is 0 Å². The van der Waals surface area contributed by atoms with Crippen LogP contribution in [0.3, 0.4) is 0 Å². The fraction of sp³-hybridized carbons (Fsp3) is 0.400. The number of hydrogen-bond acceptors (Lipinski definition) is 5. The number of hydrogen-bond donors (Lipinski definition) is 0. The van der Waals surface area contributed by atoms with Gasteiger partial charge in [-0.2, -0.15) is 0 Å². The third kappa shape index (κ3) is 3.96. The highest BCUT2D eigenvalue weighted by atomic mass is 16.5. The first-order valence-corrected chi connectivity index (χ1v) is 8.65. The molecule has 1 amide bonds. The molecule has 0 saturated carbocycles. The van der Waals surface area contributed by atoms with Crippen molar-refractivity contribution in [3.63, 3.8) is 0 Å². The number of nitrogens with zero attached hydrogens (tertiary/aromatic N) is 1. The number of carbonyl (C=O) groups excluding carboxylic acids is 2. The van der Waals surface area contributed by atoms with Gasteiger partial charge in [-0.15, -0.1) is 0 Å². The van der Waals surface area contributed by atoms with Gasteiger partial charge in [0.05, 0.1) is 19.4 Å². The number of ketones is 1. The van der Waals surface area contributed by atoms with E-state index in [4.69, 9.17) is 13.9 Å². The molecule has 1 atom stereocenters. The lowest BCUT2D eigenvalue weighted by Crippen LogP contribution is -2.47. The summed E-state index contributed by atoms with van der Waals surface area (Å²) in [4.78, 5) is 25.8. The van der Waals surface area contributed by atoms with E-state index < -0.39 is 0 Å². The van der Waals surface area contributed by atoms with Crippen molar-refractivity contribution in [2.75, 3.05) is 26.3 Å². The second kappa shape index (κ2) is 7.74. The van der Waals surface area contributed by atoms with Crippen LogP contribution >= 0.6 is 0 Å². The van der Waals surface area contributed by atoms with Crippen LogP contribution in [0.5, 0.6) is 5.75 Å². The monoisotopic (exact) mass is 357 g/mol. The first-order valence-electron chi connectivity index (χ1n) is 8.65. The Morgan fingerprint density at radius 1 is 1.23 bits per heavy atom. The second-order valence-corrected chi connectivity index (χ2v) is 6.52. The van der Waals surface area contributed by atoms with Gasteiger partial charge in [-0.3, -0.25) is 9.59 Å². The molecule has 0 bridgehead atoms. The van der Waals surface area contributed by atoms with Crippen LogP contribution in [-0.2, 0) is 4.74 Å². The zero-order valence-electron chi connectivity index (χ0n) is 15.3. The zero-order chi connectivity index (χ0) is 18.7. The molecule has 1 aromatic carbocycles. The minimum absolute atomic E-state index is 0.0343.